The van der Waals surface area contributed by atoms with E-state index in [9.17, 15) is 10.1 Å². The summed E-state index contributed by atoms with van der Waals surface area (Å²) >= 11 is 0. The molecule has 0 radical (unpaired) electrons. The summed E-state index contributed by atoms with van der Waals surface area (Å²) in [7, 11) is 0. The zero-order chi connectivity index (χ0) is 15.5. The molecule has 0 aliphatic carbocycles. The highest BCUT2D eigenvalue weighted by atomic mass is 16.9. The molecule has 1 unspecified atom stereocenters. The summed E-state index contributed by atoms with van der Waals surface area (Å²) in [6.07, 6.45) is 1.91. The van der Waals surface area contributed by atoms with Crippen molar-refractivity contribution in [2.24, 2.45) is 5.92 Å². The molecule has 1 aliphatic rings. The molecular weight excluding hydrogens is 274 g/mol. The van der Waals surface area contributed by atoms with Crippen LogP contribution in [0, 0.1) is 16.0 Å². The van der Waals surface area contributed by atoms with E-state index in [4.69, 9.17) is 14.2 Å². The fourth-order valence-corrected chi connectivity index (χ4v) is 2.28. The first-order valence-electron chi connectivity index (χ1n) is 6.96. The average Bonchev–Trinajstić information content (AvgIpc) is 2.77. The van der Waals surface area contributed by atoms with Gasteiger partial charge in [-0.2, -0.15) is 0 Å². The second kappa shape index (κ2) is 6.24. The highest BCUT2D eigenvalue weighted by molar-refractivity contribution is 5.63. The molecule has 1 atom stereocenters. The number of rotatable bonds is 6. The highest BCUT2D eigenvalue weighted by Crippen LogP contribution is 2.40. The van der Waals surface area contributed by atoms with E-state index in [1.807, 2.05) is 26.8 Å². The van der Waals surface area contributed by atoms with Gasteiger partial charge >= 0.3 is 5.97 Å². The fourth-order valence-electron chi connectivity index (χ4n) is 2.28. The van der Waals surface area contributed by atoms with Gasteiger partial charge in [0.2, 0.25) is 0 Å². The zero-order valence-electron chi connectivity index (χ0n) is 12.4. The normalized spacial score (nSPS) is 20.0. The Kier molecular flexibility index (Phi) is 4.59. The molecule has 6 heteroatoms. The lowest BCUT2D eigenvalue weighted by Crippen LogP contribution is -2.41. The van der Waals surface area contributed by atoms with Gasteiger partial charge < -0.3 is 14.2 Å². The fraction of sp³-hybridized carbons (Fsp3) is 0.467. The minimum Gasteiger partial charge on any atom is -0.438 e. The predicted molar refractivity (Wildman–Crippen MR) is 77.3 cm³/mol. The minimum atomic E-state index is -1.11. The van der Waals surface area contributed by atoms with E-state index in [-0.39, 0.29) is 11.6 Å². The molecule has 21 heavy (non-hydrogen) atoms. The molecule has 1 heterocycles. The summed E-state index contributed by atoms with van der Waals surface area (Å²) in [5.41, 5.74) is 0.806. The summed E-state index contributed by atoms with van der Waals surface area (Å²) in [6.45, 7) is 6.63. The number of nitro benzene ring substituents is 1. The van der Waals surface area contributed by atoms with Gasteiger partial charge in [0.05, 0.1) is 24.1 Å². The molecule has 114 valence electrons. The van der Waals surface area contributed by atoms with Gasteiger partial charge in [-0.15, -0.1) is 0 Å². The Morgan fingerprint density at radius 3 is 2.29 bits per heavy atom. The van der Waals surface area contributed by atoms with Crippen LogP contribution in [0.2, 0.25) is 0 Å². The maximum atomic E-state index is 10.7. The van der Waals surface area contributed by atoms with Crippen LogP contribution in [0.25, 0.3) is 5.76 Å². The summed E-state index contributed by atoms with van der Waals surface area (Å²) in [5, 5.41) is 10.7. The van der Waals surface area contributed by atoms with Crippen molar-refractivity contribution in [2.75, 3.05) is 13.2 Å². The molecule has 1 aromatic rings. The molecule has 1 aliphatic heterocycles. The van der Waals surface area contributed by atoms with Crippen LogP contribution in [-0.4, -0.2) is 24.1 Å². The Bertz CT molecular complexity index is 531. The van der Waals surface area contributed by atoms with E-state index in [0.717, 1.165) is 5.56 Å². The van der Waals surface area contributed by atoms with Crippen molar-refractivity contribution in [2.45, 2.75) is 26.7 Å². The Hall–Kier alpha value is -1.92. The van der Waals surface area contributed by atoms with E-state index in [1.54, 1.807) is 12.1 Å². The molecule has 0 saturated heterocycles. The Balaban J connectivity index is 2.22. The van der Waals surface area contributed by atoms with Gasteiger partial charge in [-0.05, 0) is 39.0 Å². The highest BCUT2D eigenvalue weighted by Gasteiger charge is 2.45. The van der Waals surface area contributed by atoms with Crippen LogP contribution >= 0.6 is 0 Å². The van der Waals surface area contributed by atoms with Crippen LogP contribution in [0.1, 0.15) is 26.3 Å². The topological polar surface area (TPSA) is 70.8 Å². The lowest BCUT2D eigenvalue weighted by molar-refractivity contribution is -0.384. The molecule has 0 aromatic heterocycles. The van der Waals surface area contributed by atoms with Gasteiger partial charge in [0.1, 0.15) is 5.76 Å². The van der Waals surface area contributed by atoms with Gasteiger partial charge in [-0.25, -0.2) is 0 Å². The lowest BCUT2D eigenvalue weighted by Gasteiger charge is -2.32. The second-order valence-corrected chi connectivity index (χ2v) is 4.70. The standard InChI is InChI=1S/C15H19NO5/c1-4-19-15(20-5-2)11(3)10-14(21-15)12-6-8-13(9-7-12)16(17)18/h6-11H,4-5H2,1-3H3. The number of hydrogen-bond acceptors (Lipinski definition) is 5. The van der Waals surface area contributed by atoms with E-state index >= 15 is 0 Å². The van der Waals surface area contributed by atoms with Crippen LogP contribution in [0.15, 0.2) is 30.3 Å². The smallest absolute Gasteiger partial charge is 0.333 e. The first kappa shape index (κ1) is 15.5. The molecular formula is C15H19NO5. The predicted octanol–water partition coefficient (Wildman–Crippen LogP) is 3.33. The van der Waals surface area contributed by atoms with Crippen molar-refractivity contribution in [3.8, 4) is 0 Å². The third-order valence-electron chi connectivity index (χ3n) is 3.26. The van der Waals surface area contributed by atoms with Crippen molar-refractivity contribution in [3.05, 3.63) is 46.0 Å². The molecule has 0 amide bonds. The SMILES string of the molecule is CCOC1(OCC)OC(c2ccc([N+](=O)[O-])cc2)=CC1C. The summed E-state index contributed by atoms with van der Waals surface area (Å²) in [6, 6.07) is 6.21. The molecule has 0 spiro atoms. The summed E-state index contributed by atoms with van der Waals surface area (Å²) < 4.78 is 17.2. The number of non-ortho nitro benzene ring substituents is 1. The van der Waals surface area contributed by atoms with E-state index in [0.29, 0.717) is 19.0 Å². The third kappa shape index (κ3) is 3.06. The first-order chi connectivity index (χ1) is 10.0. The number of benzene rings is 1. The maximum absolute atomic E-state index is 10.7. The van der Waals surface area contributed by atoms with Crippen LogP contribution in [0.3, 0.4) is 0 Å². The average molecular weight is 293 g/mol. The van der Waals surface area contributed by atoms with Crippen LogP contribution in [-0.2, 0) is 14.2 Å². The van der Waals surface area contributed by atoms with E-state index < -0.39 is 10.9 Å². The largest absolute Gasteiger partial charge is 0.438 e. The summed E-state index contributed by atoms with van der Waals surface area (Å²) in [5.74, 6) is -0.581. The monoisotopic (exact) mass is 293 g/mol. The maximum Gasteiger partial charge on any atom is 0.333 e. The van der Waals surface area contributed by atoms with Crippen molar-refractivity contribution < 1.29 is 19.1 Å². The van der Waals surface area contributed by atoms with E-state index in [2.05, 4.69) is 0 Å². The molecule has 1 aromatic carbocycles. The Labute approximate surface area is 123 Å². The van der Waals surface area contributed by atoms with Gasteiger partial charge in [0.25, 0.3) is 5.69 Å². The first-order valence-corrected chi connectivity index (χ1v) is 6.96. The van der Waals surface area contributed by atoms with Crippen molar-refractivity contribution in [3.63, 3.8) is 0 Å². The Morgan fingerprint density at radius 2 is 1.81 bits per heavy atom. The van der Waals surface area contributed by atoms with E-state index in [1.165, 1.54) is 12.1 Å². The van der Waals surface area contributed by atoms with Crippen LogP contribution in [0.5, 0.6) is 0 Å². The lowest BCUT2D eigenvalue weighted by atomic mass is 10.1. The second-order valence-electron chi connectivity index (χ2n) is 4.70. The number of hydrogen-bond donors (Lipinski definition) is 0. The zero-order valence-corrected chi connectivity index (χ0v) is 12.4. The molecule has 2 rings (SSSR count). The molecule has 0 bridgehead atoms. The number of nitrogens with zero attached hydrogens (tertiary/aromatic N) is 1. The van der Waals surface area contributed by atoms with Gasteiger partial charge in [-0.3, -0.25) is 10.1 Å². The third-order valence-corrected chi connectivity index (χ3v) is 3.26. The minimum absolute atomic E-state index is 0.0475. The van der Waals surface area contributed by atoms with Crippen molar-refractivity contribution in [1.82, 2.24) is 0 Å². The van der Waals surface area contributed by atoms with Gasteiger partial charge in [-0.1, -0.05) is 0 Å². The molecule has 6 nitrogen and oxygen atoms in total. The van der Waals surface area contributed by atoms with Gasteiger partial charge in [0, 0.05) is 17.7 Å². The van der Waals surface area contributed by atoms with Gasteiger partial charge in [0.15, 0.2) is 0 Å². The molecule has 0 saturated carbocycles. The Morgan fingerprint density at radius 1 is 1.24 bits per heavy atom. The molecule has 0 fully saturated rings. The molecule has 0 N–H and O–H groups in total. The summed E-state index contributed by atoms with van der Waals surface area (Å²) in [4.78, 5) is 10.2. The van der Waals surface area contributed by atoms with Crippen molar-refractivity contribution in [1.29, 1.82) is 0 Å². The quantitative estimate of drug-likeness (QED) is 0.457. The van der Waals surface area contributed by atoms with Crippen LogP contribution < -0.4 is 0 Å². The number of nitro groups is 1. The van der Waals surface area contributed by atoms with Crippen LogP contribution in [0.4, 0.5) is 5.69 Å². The number of ether oxygens (including phenoxy) is 3. The van der Waals surface area contributed by atoms with Crippen molar-refractivity contribution >= 4 is 11.4 Å².